The molecule has 2 rings (SSSR count). The Hall–Kier alpha value is -2.08. The Kier molecular flexibility index (Phi) is 5.38. The van der Waals surface area contributed by atoms with E-state index in [1.807, 2.05) is 13.8 Å². The maximum absolute atomic E-state index is 12.2. The van der Waals surface area contributed by atoms with Gasteiger partial charge in [-0.1, -0.05) is 12.1 Å². The van der Waals surface area contributed by atoms with E-state index in [4.69, 9.17) is 14.2 Å². The normalized spacial score (nSPS) is 21.3. The van der Waals surface area contributed by atoms with E-state index in [2.05, 4.69) is 0 Å². The van der Waals surface area contributed by atoms with Gasteiger partial charge in [-0.25, -0.2) is 4.79 Å². The lowest BCUT2D eigenvalue weighted by molar-refractivity contribution is -0.145. The van der Waals surface area contributed by atoms with Crippen LogP contribution in [0.5, 0.6) is 5.75 Å². The zero-order valence-corrected chi connectivity index (χ0v) is 13.1. The summed E-state index contributed by atoms with van der Waals surface area (Å²) in [5, 5.41) is 0. The number of methoxy groups -OCH3 is 1. The molecule has 0 aromatic heterocycles. The lowest BCUT2D eigenvalue weighted by Crippen LogP contribution is -2.49. The van der Waals surface area contributed by atoms with Crippen LogP contribution in [0, 0.1) is 0 Å². The Balaban J connectivity index is 1.98. The summed E-state index contributed by atoms with van der Waals surface area (Å²) in [6.07, 6.45) is 0.0186. The molecule has 0 radical (unpaired) electrons. The lowest BCUT2D eigenvalue weighted by Gasteiger charge is -2.35. The van der Waals surface area contributed by atoms with Crippen molar-refractivity contribution in [2.24, 2.45) is 0 Å². The SMILES string of the molecule is COC(=O)c1ccccc1OCC(=O)N1C[C@@H](C)O[C@@H](C)C1. The van der Waals surface area contributed by atoms with Crippen molar-refractivity contribution in [2.45, 2.75) is 26.1 Å². The fourth-order valence-electron chi connectivity index (χ4n) is 2.48. The number of esters is 1. The third-order valence-electron chi connectivity index (χ3n) is 3.42. The van der Waals surface area contributed by atoms with Crippen molar-refractivity contribution in [1.82, 2.24) is 4.90 Å². The molecule has 0 aliphatic carbocycles. The molecule has 1 aromatic rings. The van der Waals surface area contributed by atoms with E-state index >= 15 is 0 Å². The van der Waals surface area contributed by atoms with Gasteiger partial charge < -0.3 is 19.1 Å². The first-order valence-electron chi connectivity index (χ1n) is 7.24. The summed E-state index contributed by atoms with van der Waals surface area (Å²) in [7, 11) is 1.31. The number of rotatable bonds is 4. The second kappa shape index (κ2) is 7.26. The first-order chi connectivity index (χ1) is 10.5. The number of carbonyl (C=O) groups is 2. The van der Waals surface area contributed by atoms with Gasteiger partial charge in [0.15, 0.2) is 6.61 Å². The molecule has 1 aliphatic heterocycles. The Bertz CT molecular complexity index is 535. The predicted octanol–water partition coefficient (Wildman–Crippen LogP) is 1.49. The summed E-state index contributed by atoms with van der Waals surface area (Å²) in [6, 6.07) is 6.70. The van der Waals surface area contributed by atoms with Gasteiger partial charge in [-0.3, -0.25) is 4.79 Å². The topological polar surface area (TPSA) is 65.1 Å². The average molecular weight is 307 g/mol. The number of amides is 1. The molecule has 1 fully saturated rings. The zero-order chi connectivity index (χ0) is 16.1. The largest absolute Gasteiger partial charge is 0.483 e. The van der Waals surface area contributed by atoms with Crippen LogP contribution in [0.3, 0.4) is 0 Å². The maximum atomic E-state index is 12.2. The fraction of sp³-hybridized carbons (Fsp3) is 0.500. The van der Waals surface area contributed by atoms with E-state index in [-0.39, 0.29) is 24.7 Å². The first kappa shape index (κ1) is 16.3. The standard InChI is InChI=1S/C16H21NO5/c1-11-8-17(9-12(2)22-11)15(18)10-21-14-7-5-4-6-13(14)16(19)20-3/h4-7,11-12H,8-10H2,1-3H3/t11-,12+. The first-order valence-corrected chi connectivity index (χ1v) is 7.24. The lowest BCUT2D eigenvalue weighted by atomic mass is 10.2. The van der Waals surface area contributed by atoms with E-state index in [1.54, 1.807) is 29.2 Å². The van der Waals surface area contributed by atoms with Gasteiger partial charge in [0, 0.05) is 13.1 Å². The van der Waals surface area contributed by atoms with Gasteiger partial charge in [0.2, 0.25) is 0 Å². The second-order valence-electron chi connectivity index (χ2n) is 5.33. The van der Waals surface area contributed by atoms with Crippen LogP contribution in [0.1, 0.15) is 24.2 Å². The van der Waals surface area contributed by atoms with Crippen molar-refractivity contribution < 1.29 is 23.8 Å². The molecule has 1 saturated heterocycles. The number of ether oxygens (including phenoxy) is 3. The average Bonchev–Trinajstić information content (AvgIpc) is 2.51. The molecule has 1 aliphatic rings. The molecule has 0 bridgehead atoms. The van der Waals surface area contributed by atoms with E-state index in [1.165, 1.54) is 7.11 Å². The van der Waals surface area contributed by atoms with Crippen LogP contribution in [-0.4, -0.2) is 55.8 Å². The highest BCUT2D eigenvalue weighted by atomic mass is 16.5. The van der Waals surface area contributed by atoms with Crippen LogP contribution < -0.4 is 4.74 Å². The summed E-state index contributed by atoms with van der Waals surface area (Å²) < 4.78 is 15.8. The molecule has 6 heteroatoms. The summed E-state index contributed by atoms with van der Waals surface area (Å²) in [5.41, 5.74) is 0.307. The fourth-order valence-corrected chi connectivity index (χ4v) is 2.48. The van der Waals surface area contributed by atoms with Gasteiger partial charge in [-0.05, 0) is 26.0 Å². The van der Waals surface area contributed by atoms with Gasteiger partial charge in [-0.15, -0.1) is 0 Å². The Morgan fingerprint density at radius 2 is 1.86 bits per heavy atom. The molecule has 1 heterocycles. The molecular weight excluding hydrogens is 286 g/mol. The van der Waals surface area contributed by atoms with Crippen LogP contribution in [0.4, 0.5) is 0 Å². The highest BCUT2D eigenvalue weighted by Crippen LogP contribution is 2.19. The zero-order valence-electron chi connectivity index (χ0n) is 13.1. The smallest absolute Gasteiger partial charge is 0.341 e. The highest BCUT2D eigenvalue weighted by molar-refractivity contribution is 5.92. The van der Waals surface area contributed by atoms with E-state index in [9.17, 15) is 9.59 Å². The second-order valence-corrected chi connectivity index (χ2v) is 5.33. The molecule has 0 spiro atoms. The molecular formula is C16H21NO5. The van der Waals surface area contributed by atoms with E-state index in [0.29, 0.717) is 24.4 Å². The van der Waals surface area contributed by atoms with Gasteiger partial charge in [0.05, 0.1) is 19.3 Å². The Labute approximate surface area is 129 Å². The number of benzene rings is 1. The number of nitrogens with zero attached hydrogens (tertiary/aromatic N) is 1. The molecule has 0 saturated carbocycles. The Morgan fingerprint density at radius 3 is 2.50 bits per heavy atom. The van der Waals surface area contributed by atoms with Crippen LogP contribution in [0.15, 0.2) is 24.3 Å². The minimum Gasteiger partial charge on any atom is -0.483 e. The van der Waals surface area contributed by atoms with Gasteiger partial charge in [0.25, 0.3) is 5.91 Å². The van der Waals surface area contributed by atoms with Gasteiger partial charge >= 0.3 is 5.97 Å². The summed E-state index contributed by atoms with van der Waals surface area (Å²) >= 11 is 0. The minimum atomic E-state index is -0.489. The maximum Gasteiger partial charge on any atom is 0.341 e. The third-order valence-corrected chi connectivity index (χ3v) is 3.42. The summed E-state index contributed by atoms with van der Waals surface area (Å²) in [4.78, 5) is 25.6. The van der Waals surface area contributed by atoms with Crippen molar-refractivity contribution in [3.8, 4) is 5.75 Å². The van der Waals surface area contributed by atoms with Crippen molar-refractivity contribution in [3.63, 3.8) is 0 Å². The Morgan fingerprint density at radius 1 is 1.23 bits per heavy atom. The quantitative estimate of drug-likeness (QED) is 0.789. The third kappa shape index (κ3) is 3.98. The van der Waals surface area contributed by atoms with E-state index in [0.717, 1.165) is 0 Å². The molecule has 22 heavy (non-hydrogen) atoms. The van der Waals surface area contributed by atoms with Crippen LogP contribution >= 0.6 is 0 Å². The monoisotopic (exact) mass is 307 g/mol. The molecule has 1 aromatic carbocycles. The number of hydrogen-bond donors (Lipinski definition) is 0. The molecule has 0 unspecified atom stereocenters. The number of para-hydroxylation sites is 1. The van der Waals surface area contributed by atoms with Gasteiger partial charge in [0.1, 0.15) is 11.3 Å². The molecule has 120 valence electrons. The molecule has 0 N–H and O–H groups in total. The van der Waals surface area contributed by atoms with Crippen molar-refractivity contribution in [3.05, 3.63) is 29.8 Å². The van der Waals surface area contributed by atoms with Crippen molar-refractivity contribution in [1.29, 1.82) is 0 Å². The van der Waals surface area contributed by atoms with Crippen LogP contribution in [-0.2, 0) is 14.3 Å². The van der Waals surface area contributed by atoms with Crippen molar-refractivity contribution >= 4 is 11.9 Å². The molecule has 1 amide bonds. The van der Waals surface area contributed by atoms with Crippen LogP contribution in [0.25, 0.3) is 0 Å². The predicted molar refractivity (Wildman–Crippen MR) is 79.9 cm³/mol. The van der Waals surface area contributed by atoms with E-state index < -0.39 is 5.97 Å². The molecule has 2 atom stereocenters. The number of hydrogen-bond acceptors (Lipinski definition) is 5. The van der Waals surface area contributed by atoms with Gasteiger partial charge in [-0.2, -0.15) is 0 Å². The minimum absolute atomic E-state index is 0.00931. The number of carbonyl (C=O) groups excluding carboxylic acids is 2. The highest BCUT2D eigenvalue weighted by Gasteiger charge is 2.26. The summed E-state index contributed by atoms with van der Waals surface area (Å²) in [5.74, 6) is -0.268. The summed E-state index contributed by atoms with van der Waals surface area (Å²) in [6.45, 7) is 4.84. The molecule has 6 nitrogen and oxygen atoms in total. The van der Waals surface area contributed by atoms with Crippen LogP contribution in [0.2, 0.25) is 0 Å². The number of morpholine rings is 1. The van der Waals surface area contributed by atoms with Crippen molar-refractivity contribution in [2.75, 3.05) is 26.8 Å².